The van der Waals surface area contributed by atoms with E-state index in [1.54, 1.807) is 0 Å². The highest BCUT2D eigenvalue weighted by Gasteiger charge is 2.37. The summed E-state index contributed by atoms with van der Waals surface area (Å²) in [7, 11) is 0. The Morgan fingerprint density at radius 1 is 1.19 bits per heavy atom. The molecule has 21 heavy (non-hydrogen) atoms. The molecule has 0 aliphatic heterocycles. The highest BCUT2D eigenvalue weighted by Crippen LogP contribution is 2.46. The smallest absolute Gasteiger partial charge is 0.304 e. The second-order valence-corrected chi connectivity index (χ2v) is 7.23. The average Bonchev–Trinajstić information content (AvgIpc) is 2.41. The van der Waals surface area contributed by atoms with E-state index in [0.29, 0.717) is 0 Å². The molecule has 1 aliphatic rings. The van der Waals surface area contributed by atoms with Gasteiger partial charge in [-0.1, -0.05) is 51.8 Å². The zero-order chi connectivity index (χ0) is 15.8. The molecule has 0 fully saturated rings. The van der Waals surface area contributed by atoms with Crippen LogP contribution in [0.3, 0.4) is 0 Å². The second-order valence-electron chi connectivity index (χ2n) is 7.23. The number of fused-ring (bicyclic) bond motifs is 1. The van der Waals surface area contributed by atoms with Crippen molar-refractivity contribution < 1.29 is 9.53 Å². The summed E-state index contributed by atoms with van der Waals surface area (Å²) in [6, 6.07) is 6.28. The zero-order valence-corrected chi connectivity index (χ0v) is 13.6. The molecule has 0 bridgehead atoms. The monoisotopic (exact) mass is 284 g/mol. The number of ether oxygens (including phenoxy) is 1. The number of benzene rings is 1. The number of esters is 1. The third-order valence-corrected chi connectivity index (χ3v) is 4.61. The minimum Gasteiger partial charge on any atom is -0.444 e. The minimum atomic E-state index is -0.603. The van der Waals surface area contributed by atoms with Gasteiger partial charge in [0.2, 0.25) is 0 Å². The highest BCUT2D eigenvalue weighted by atomic mass is 16.5. The van der Waals surface area contributed by atoms with Crippen LogP contribution in [0.2, 0.25) is 0 Å². The van der Waals surface area contributed by atoms with Crippen molar-refractivity contribution in [1.29, 1.82) is 0 Å². The Balaban J connectivity index is 2.51. The number of rotatable bonds is 2. The van der Waals surface area contributed by atoms with Crippen molar-refractivity contribution >= 4 is 5.97 Å². The molecule has 0 unspecified atom stereocenters. The number of carbonyl (C=O) groups is 1. The quantitative estimate of drug-likeness (QED) is 0.599. The largest absolute Gasteiger partial charge is 0.444 e. The van der Waals surface area contributed by atoms with Gasteiger partial charge in [-0.25, -0.2) is 0 Å². The van der Waals surface area contributed by atoms with Crippen molar-refractivity contribution in [3.8, 4) is 12.3 Å². The summed E-state index contributed by atoms with van der Waals surface area (Å²) in [5, 5.41) is 0. The molecular formula is C19H24O2. The topological polar surface area (TPSA) is 26.3 Å². The first-order chi connectivity index (χ1) is 9.67. The molecule has 0 radical (unpaired) electrons. The van der Waals surface area contributed by atoms with Crippen molar-refractivity contribution in [1.82, 2.24) is 0 Å². The van der Waals surface area contributed by atoms with E-state index in [1.807, 2.05) is 6.07 Å². The molecule has 0 amide bonds. The lowest BCUT2D eigenvalue weighted by molar-refractivity contribution is -0.144. The van der Waals surface area contributed by atoms with Crippen LogP contribution in [0, 0.1) is 12.3 Å². The van der Waals surface area contributed by atoms with Crippen LogP contribution in [0.1, 0.15) is 70.3 Å². The van der Waals surface area contributed by atoms with Crippen LogP contribution in [-0.4, -0.2) is 5.97 Å². The van der Waals surface area contributed by atoms with Gasteiger partial charge in [0.1, 0.15) is 0 Å². The van der Waals surface area contributed by atoms with Gasteiger partial charge in [0.25, 0.3) is 0 Å². The molecule has 1 aromatic rings. The Hall–Kier alpha value is -1.75. The molecule has 0 spiro atoms. The Bertz CT molecular complexity index is 602. The van der Waals surface area contributed by atoms with Crippen molar-refractivity contribution in [3.05, 3.63) is 34.9 Å². The van der Waals surface area contributed by atoms with Gasteiger partial charge in [-0.05, 0) is 34.8 Å². The molecule has 0 N–H and O–H groups in total. The Morgan fingerprint density at radius 2 is 1.76 bits per heavy atom. The van der Waals surface area contributed by atoms with Crippen molar-refractivity contribution in [2.24, 2.45) is 0 Å². The Labute approximate surface area is 127 Å². The van der Waals surface area contributed by atoms with Crippen LogP contribution in [0.5, 0.6) is 0 Å². The second kappa shape index (κ2) is 5.22. The van der Waals surface area contributed by atoms with E-state index in [0.717, 1.165) is 12.0 Å². The van der Waals surface area contributed by atoms with Gasteiger partial charge >= 0.3 is 5.97 Å². The van der Waals surface area contributed by atoms with E-state index in [-0.39, 0.29) is 16.8 Å². The number of terminal acetylenes is 1. The highest BCUT2D eigenvalue weighted by molar-refractivity contribution is 5.66. The lowest BCUT2D eigenvalue weighted by Gasteiger charge is -2.42. The summed E-state index contributed by atoms with van der Waals surface area (Å²) in [6.07, 6.45) is 7.24. The van der Waals surface area contributed by atoms with Crippen molar-refractivity contribution in [2.75, 3.05) is 0 Å². The third kappa shape index (κ3) is 2.97. The molecule has 0 saturated carbocycles. The van der Waals surface area contributed by atoms with Gasteiger partial charge < -0.3 is 4.74 Å². The lowest BCUT2D eigenvalue weighted by atomic mass is 9.63. The van der Waals surface area contributed by atoms with E-state index < -0.39 is 6.10 Å². The summed E-state index contributed by atoms with van der Waals surface area (Å²) < 4.78 is 5.22. The van der Waals surface area contributed by atoms with Gasteiger partial charge in [-0.15, -0.1) is 6.42 Å². The molecule has 2 nitrogen and oxygen atoms in total. The van der Waals surface area contributed by atoms with Crippen LogP contribution in [-0.2, 0) is 20.4 Å². The molecule has 0 aromatic heterocycles. The van der Waals surface area contributed by atoms with Gasteiger partial charge in [-0.3, -0.25) is 4.79 Å². The fraction of sp³-hybridized carbons (Fsp3) is 0.526. The van der Waals surface area contributed by atoms with E-state index in [1.165, 1.54) is 24.5 Å². The van der Waals surface area contributed by atoms with Crippen LogP contribution in [0.25, 0.3) is 0 Å². The fourth-order valence-electron chi connectivity index (χ4n) is 3.13. The van der Waals surface area contributed by atoms with Gasteiger partial charge in [0, 0.05) is 12.5 Å². The van der Waals surface area contributed by atoms with Gasteiger partial charge in [0.15, 0.2) is 6.10 Å². The van der Waals surface area contributed by atoms with Crippen LogP contribution in [0.4, 0.5) is 0 Å². The summed E-state index contributed by atoms with van der Waals surface area (Å²) in [5.41, 5.74) is 3.88. The van der Waals surface area contributed by atoms with Gasteiger partial charge in [0.05, 0.1) is 0 Å². The molecule has 0 saturated heterocycles. The molecule has 1 aromatic carbocycles. The maximum absolute atomic E-state index is 11.2. The summed E-state index contributed by atoms with van der Waals surface area (Å²) in [5.74, 6) is 2.21. The van der Waals surface area contributed by atoms with Crippen molar-refractivity contribution in [2.45, 2.75) is 64.4 Å². The fourth-order valence-corrected chi connectivity index (χ4v) is 3.13. The SMILES string of the molecule is C#C[C@@H](OC(C)=O)c1ccc2c(c1)C(C)(C)CCC2(C)C. The number of hydrogen-bond donors (Lipinski definition) is 0. The molecule has 1 aliphatic carbocycles. The maximum Gasteiger partial charge on any atom is 0.304 e. The van der Waals surface area contributed by atoms with Crippen LogP contribution in [0.15, 0.2) is 18.2 Å². The van der Waals surface area contributed by atoms with E-state index in [4.69, 9.17) is 11.2 Å². The zero-order valence-electron chi connectivity index (χ0n) is 13.6. The van der Waals surface area contributed by atoms with E-state index in [2.05, 4.69) is 45.7 Å². The average molecular weight is 284 g/mol. The van der Waals surface area contributed by atoms with Crippen LogP contribution >= 0.6 is 0 Å². The molecular weight excluding hydrogens is 260 g/mol. The molecule has 2 rings (SSSR count). The Morgan fingerprint density at radius 3 is 2.29 bits per heavy atom. The lowest BCUT2D eigenvalue weighted by Crippen LogP contribution is -2.34. The van der Waals surface area contributed by atoms with E-state index >= 15 is 0 Å². The molecule has 2 heteroatoms. The van der Waals surface area contributed by atoms with Crippen molar-refractivity contribution in [3.63, 3.8) is 0 Å². The molecule has 112 valence electrons. The summed E-state index contributed by atoms with van der Waals surface area (Å²) in [6.45, 7) is 10.5. The summed E-state index contributed by atoms with van der Waals surface area (Å²) in [4.78, 5) is 11.2. The first-order valence-corrected chi connectivity index (χ1v) is 7.46. The Kier molecular flexibility index (Phi) is 3.89. The number of carbonyl (C=O) groups excluding carboxylic acids is 1. The van der Waals surface area contributed by atoms with Gasteiger partial charge in [-0.2, -0.15) is 0 Å². The third-order valence-electron chi connectivity index (χ3n) is 4.61. The van der Waals surface area contributed by atoms with Crippen LogP contribution < -0.4 is 0 Å². The first kappa shape index (κ1) is 15.6. The molecule has 0 heterocycles. The normalized spacial score (nSPS) is 20.0. The first-order valence-electron chi connectivity index (χ1n) is 7.46. The predicted molar refractivity (Wildman–Crippen MR) is 85.1 cm³/mol. The predicted octanol–water partition coefficient (Wildman–Crippen LogP) is 4.27. The van der Waals surface area contributed by atoms with E-state index in [9.17, 15) is 4.79 Å². The summed E-state index contributed by atoms with van der Waals surface area (Å²) >= 11 is 0. The maximum atomic E-state index is 11.2. The molecule has 1 atom stereocenters. The minimum absolute atomic E-state index is 0.121. The standard InChI is InChI=1S/C19H24O2/c1-7-17(21-13(2)20)14-8-9-15-16(12-14)19(5,6)11-10-18(15,3)4/h1,8-9,12,17H,10-11H2,2-6H3/t17-/m1/s1. The number of hydrogen-bond acceptors (Lipinski definition) is 2.